The zero-order chi connectivity index (χ0) is 29.6. The first-order chi connectivity index (χ1) is 19.7. The minimum absolute atomic E-state index is 0.141. The Balaban J connectivity index is 1.40. The summed E-state index contributed by atoms with van der Waals surface area (Å²) in [6.07, 6.45) is 5.91. The Bertz CT molecular complexity index is 1360. The fourth-order valence-electron chi connectivity index (χ4n) is 3.55. The highest BCUT2D eigenvalue weighted by molar-refractivity contribution is 5.92. The Morgan fingerprint density at radius 2 is 1.27 bits per heavy atom. The lowest BCUT2D eigenvalue weighted by molar-refractivity contribution is -0.134. The molecule has 10 heteroatoms. The van der Waals surface area contributed by atoms with Crippen LogP contribution in [-0.2, 0) is 19.1 Å². The van der Waals surface area contributed by atoms with Crippen molar-refractivity contribution in [1.29, 1.82) is 0 Å². The highest BCUT2D eigenvalue weighted by Gasteiger charge is 2.11. The Labute approximate surface area is 237 Å². The lowest BCUT2D eigenvalue weighted by atomic mass is 10.1. The van der Waals surface area contributed by atoms with Gasteiger partial charge in [-0.25, -0.2) is 14.4 Å². The molecule has 3 aromatic rings. The lowest BCUT2D eigenvalue weighted by Gasteiger charge is -2.08. The Morgan fingerprint density at radius 1 is 0.707 bits per heavy atom. The third-order valence-electron chi connectivity index (χ3n) is 5.58. The maximum absolute atomic E-state index is 12.3. The second-order valence-electron chi connectivity index (χ2n) is 8.94. The molecule has 0 bridgehead atoms. The summed E-state index contributed by atoms with van der Waals surface area (Å²) in [6, 6.07) is 16.9. The molecule has 3 rings (SSSR count). The summed E-state index contributed by atoms with van der Waals surface area (Å²) in [6.45, 7) is 1.78. The third-order valence-corrected chi connectivity index (χ3v) is 5.58. The molecule has 0 saturated carbocycles. The monoisotopic (exact) mass is 560 g/mol. The molecule has 0 radical (unpaired) electrons. The summed E-state index contributed by atoms with van der Waals surface area (Å²) in [7, 11) is 0. The van der Waals surface area contributed by atoms with Gasteiger partial charge in [0.15, 0.2) is 0 Å². The van der Waals surface area contributed by atoms with E-state index in [1.54, 1.807) is 24.3 Å². The summed E-state index contributed by atoms with van der Waals surface area (Å²) in [5.41, 5.74) is 13.1. The van der Waals surface area contributed by atoms with Crippen molar-refractivity contribution in [2.24, 2.45) is 0 Å². The second-order valence-corrected chi connectivity index (χ2v) is 8.94. The van der Waals surface area contributed by atoms with Crippen LogP contribution in [0.4, 0.5) is 11.4 Å². The van der Waals surface area contributed by atoms with E-state index in [-0.39, 0.29) is 30.3 Å². The molecular weight excluding hydrogens is 528 g/mol. The highest BCUT2D eigenvalue weighted by Crippen LogP contribution is 2.19. The summed E-state index contributed by atoms with van der Waals surface area (Å²) in [4.78, 5) is 48.3. The van der Waals surface area contributed by atoms with Crippen LogP contribution in [0.25, 0.3) is 6.08 Å². The van der Waals surface area contributed by atoms with E-state index >= 15 is 0 Å². The van der Waals surface area contributed by atoms with Gasteiger partial charge in [-0.3, -0.25) is 4.79 Å². The zero-order valence-corrected chi connectivity index (χ0v) is 22.7. The van der Waals surface area contributed by atoms with Gasteiger partial charge in [0, 0.05) is 23.9 Å². The van der Waals surface area contributed by atoms with Crippen LogP contribution in [0.15, 0.2) is 72.8 Å². The number of esters is 4. The van der Waals surface area contributed by atoms with Crippen LogP contribution in [0.5, 0.6) is 11.5 Å². The first-order valence-corrected chi connectivity index (χ1v) is 13.0. The van der Waals surface area contributed by atoms with Crippen LogP contribution in [0.1, 0.15) is 58.9 Å². The van der Waals surface area contributed by atoms with Crippen LogP contribution < -0.4 is 20.9 Å². The maximum atomic E-state index is 12.3. The first kappa shape index (κ1) is 30.4. The number of rotatable bonds is 13. The van der Waals surface area contributed by atoms with Gasteiger partial charge in [0.2, 0.25) is 0 Å². The van der Waals surface area contributed by atoms with Crippen molar-refractivity contribution in [3.05, 3.63) is 89.5 Å². The minimum Gasteiger partial charge on any atom is -0.458 e. The van der Waals surface area contributed by atoms with Crippen molar-refractivity contribution in [1.82, 2.24) is 0 Å². The third kappa shape index (κ3) is 10.5. The van der Waals surface area contributed by atoms with Crippen molar-refractivity contribution in [3.63, 3.8) is 0 Å². The van der Waals surface area contributed by atoms with Gasteiger partial charge in [-0.15, -0.1) is 0 Å². The van der Waals surface area contributed by atoms with Gasteiger partial charge in [0.25, 0.3) is 0 Å². The molecule has 0 heterocycles. The molecule has 10 nitrogen and oxygen atoms in total. The van der Waals surface area contributed by atoms with Crippen molar-refractivity contribution < 1.29 is 38.1 Å². The SMILES string of the molecule is CCCCCC(=O)Oc1ccc(OC(=O)/C=C/c2ccc(C(=O)OCCOC(=O)c3cc(N)cc(N)c3)cc2)cc1. The normalized spacial score (nSPS) is 10.7. The molecule has 214 valence electrons. The number of carbonyl (C=O) groups is 4. The fourth-order valence-corrected chi connectivity index (χ4v) is 3.55. The summed E-state index contributed by atoms with van der Waals surface area (Å²) >= 11 is 0. The number of nitrogens with two attached hydrogens (primary N) is 2. The smallest absolute Gasteiger partial charge is 0.338 e. The van der Waals surface area contributed by atoms with Gasteiger partial charge in [0.1, 0.15) is 24.7 Å². The summed E-state index contributed by atoms with van der Waals surface area (Å²) in [5, 5.41) is 0. The fraction of sp³-hybridized carbons (Fsp3) is 0.226. The number of benzene rings is 3. The molecule has 0 aromatic heterocycles. The van der Waals surface area contributed by atoms with E-state index < -0.39 is 17.9 Å². The first-order valence-electron chi connectivity index (χ1n) is 13.0. The van der Waals surface area contributed by atoms with Gasteiger partial charge in [-0.05, 0) is 72.7 Å². The van der Waals surface area contributed by atoms with Crippen LogP contribution in [0.2, 0.25) is 0 Å². The molecule has 0 spiro atoms. The zero-order valence-electron chi connectivity index (χ0n) is 22.7. The number of unbranched alkanes of at least 4 members (excludes halogenated alkanes) is 2. The van der Waals surface area contributed by atoms with Crippen LogP contribution in [0.3, 0.4) is 0 Å². The van der Waals surface area contributed by atoms with Crippen LogP contribution in [0, 0.1) is 0 Å². The molecular formula is C31H32N2O8. The largest absolute Gasteiger partial charge is 0.458 e. The quantitative estimate of drug-likeness (QED) is 0.0961. The van der Waals surface area contributed by atoms with E-state index in [0.29, 0.717) is 34.9 Å². The molecule has 0 atom stereocenters. The van der Waals surface area contributed by atoms with Crippen molar-refractivity contribution in [2.75, 3.05) is 24.7 Å². The molecule has 0 aliphatic rings. The molecule has 0 amide bonds. The average molecular weight is 561 g/mol. The summed E-state index contributed by atoms with van der Waals surface area (Å²) in [5.74, 6) is -1.46. The molecule has 0 aliphatic heterocycles. The Morgan fingerprint density at radius 3 is 1.85 bits per heavy atom. The van der Waals surface area contributed by atoms with Crippen LogP contribution in [-0.4, -0.2) is 37.1 Å². The van der Waals surface area contributed by atoms with Crippen molar-refractivity contribution in [2.45, 2.75) is 32.6 Å². The van der Waals surface area contributed by atoms with Crippen molar-refractivity contribution >= 4 is 41.3 Å². The number of carbonyl (C=O) groups excluding carboxylic acids is 4. The second kappa shape index (κ2) is 15.5. The standard InChI is InChI=1S/C31H32N2O8/c1-2-3-4-5-28(34)40-26-11-13-27(14-12-26)41-29(35)15-8-21-6-9-22(10-7-21)30(36)38-16-17-39-31(37)23-18-24(32)20-25(33)19-23/h6-15,18-20H,2-5,16-17,32-33H2,1H3/b15-8+. The number of hydrogen-bond acceptors (Lipinski definition) is 10. The van der Waals surface area contributed by atoms with Crippen LogP contribution >= 0.6 is 0 Å². The molecule has 4 N–H and O–H groups in total. The number of ether oxygens (including phenoxy) is 4. The number of hydrogen-bond donors (Lipinski definition) is 2. The molecule has 0 aliphatic carbocycles. The van der Waals surface area contributed by atoms with Crippen molar-refractivity contribution in [3.8, 4) is 11.5 Å². The van der Waals surface area contributed by atoms with E-state index in [0.717, 1.165) is 19.3 Å². The average Bonchev–Trinajstić information content (AvgIpc) is 2.95. The van der Waals surface area contributed by atoms with E-state index in [9.17, 15) is 19.2 Å². The van der Waals surface area contributed by atoms with E-state index in [2.05, 4.69) is 6.92 Å². The Hall–Kier alpha value is -5.12. The van der Waals surface area contributed by atoms with E-state index in [1.807, 2.05) is 0 Å². The molecule has 3 aromatic carbocycles. The lowest BCUT2D eigenvalue weighted by Crippen LogP contribution is -2.14. The molecule has 0 fully saturated rings. The predicted molar refractivity (Wildman–Crippen MR) is 153 cm³/mol. The van der Waals surface area contributed by atoms with Gasteiger partial charge >= 0.3 is 23.9 Å². The predicted octanol–water partition coefficient (Wildman–Crippen LogP) is 4.97. The maximum Gasteiger partial charge on any atom is 0.338 e. The van der Waals surface area contributed by atoms with Gasteiger partial charge in [-0.2, -0.15) is 0 Å². The highest BCUT2D eigenvalue weighted by atomic mass is 16.6. The van der Waals surface area contributed by atoms with E-state index in [4.69, 9.17) is 30.4 Å². The number of anilines is 2. The topological polar surface area (TPSA) is 157 Å². The molecule has 0 unspecified atom stereocenters. The Kier molecular flexibility index (Phi) is 11.5. The van der Waals surface area contributed by atoms with Gasteiger partial charge < -0.3 is 30.4 Å². The van der Waals surface area contributed by atoms with Gasteiger partial charge in [-0.1, -0.05) is 31.9 Å². The minimum atomic E-state index is -0.634. The molecule has 0 saturated heterocycles. The van der Waals surface area contributed by atoms with Gasteiger partial charge in [0.05, 0.1) is 11.1 Å². The van der Waals surface area contributed by atoms with E-state index in [1.165, 1.54) is 54.6 Å². The summed E-state index contributed by atoms with van der Waals surface area (Å²) < 4.78 is 20.7. The molecule has 41 heavy (non-hydrogen) atoms. The number of nitrogen functional groups attached to an aromatic ring is 2.